The molecule has 18 heavy (non-hydrogen) atoms. The quantitative estimate of drug-likeness (QED) is 0.482. The lowest BCUT2D eigenvalue weighted by atomic mass is 10.1. The third-order valence-corrected chi connectivity index (χ3v) is 2.32. The molecule has 5 nitrogen and oxygen atoms in total. The normalized spacial score (nSPS) is 9.22. The zero-order valence-electron chi connectivity index (χ0n) is 9.49. The molecular weight excluding hydrogens is 258 g/mol. The maximum absolute atomic E-state index is 11.4. The number of carboxylic acids is 1. The molecule has 0 saturated carbocycles. The Morgan fingerprint density at radius 1 is 1.50 bits per heavy atom. The van der Waals surface area contributed by atoms with E-state index in [2.05, 4.69) is 16.6 Å². The van der Waals surface area contributed by atoms with Gasteiger partial charge in [0.2, 0.25) is 0 Å². The van der Waals surface area contributed by atoms with Gasteiger partial charge in [0.15, 0.2) is 0 Å². The van der Waals surface area contributed by atoms with Gasteiger partial charge in [-0.2, -0.15) is 0 Å². The summed E-state index contributed by atoms with van der Waals surface area (Å²) in [6.07, 6.45) is -0.311. The van der Waals surface area contributed by atoms with Gasteiger partial charge in [0, 0.05) is 11.3 Å². The molecule has 6 heteroatoms. The van der Waals surface area contributed by atoms with Crippen LogP contribution in [0.25, 0.3) is 0 Å². The Labute approximate surface area is 108 Å². The summed E-state index contributed by atoms with van der Waals surface area (Å²) in [6.45, 7) is 0. The fourth-order valence-electron chi connectivity index (χ4n) is 1.19. The maximum Gasteiger partial charge on any atom is 0.340 e. The van der Waals surface area contributed by atoms with E-state index in [-0.39, 0.29) is 22.7 Å². The molecule has 0 amide bonds. The minimum Gasteiger partial charge on any atom is -0.481 e. The van der Waals surface area contributed by atoms with Crippen molar-refractivity contribution in [2.75, 3.05) is 12.8 Å². The molecule has 94 valence electrons. The van der Waals surface area contributed by atoms with Gasteiger partial charge < -0.3 is 15.6 Å². The third kappa shape index (κ3) is 3.40. The Morgan fingerprint density at radius 2 is 2.17 bits per heavy atom. The maximum atomic E-state index is 11.4. The highest BCUT2D eigenvalue weighted by molar-refractivity contribution is 6.32. The number of carboxylic acid groups (broad SMARTS) is 1. The molecule has 0 fully saturated rings. The smallest absolute Gasteiger partial charge is 0.340 e. The number of methoxy groups -OCH3 is 1. The molecule has 3 N–H and O–H groups in total. The van der Waals surface area contributed by atoms with E-state index in [0.717, 1.165) is 0 Å². The van der Waals surface area contributed by atoms with E-state index in [1.807, 2.05) is 0 Å². The number of rotatable bonds is 2. The molecule has 0 spiro atoms. The number of benzene rings is 1. The highest BCUT2D eigenvalue weighted by Crippen LogP contribution is 2.23. The number of ether oxygens (including phenoxy) is 1. The van der Waals surface area contributed by atoms with Crippen molar-refractivity contribution in [3.63, 3.8) is 0 Å². The van der Waals surface area contributed by atoms with Crippen molar-refractivity contribution in [3.8, 4) is 11.8 Å². The van der Waals surface area contributed by atoms with Crippen LogP contribution in [0.3, 0.4) is 0 Å². The van der Waals surface area contributed by atoms with E-state index in [4.69, 9.17) is 22.4 Å². The van der Waals surface area contributed by atoms with Gasteiger partial charge in [-0.15, -0.1) is 0 Å². The minimum atomic E-state index is -1.04. The first kappa shape index (κ1) is 13.9. The summed E-state index contributed by atoms with van der Waals surface area (Å²) < 4.78 is 4.55. The van der Waals surface area contributed by atoms with Crippen molar-refractivity contribution < 1.29 is 19.4 Å². The number of nitrogens with two attached hydrogens (primary N) is 1. The van der Waals surface area contributed by atoms with Crippen LogP contribution in [0.15, 0.2) is 12.1 Å². The van der Waals surface area contributed by atoms with Crippen molar-refractivity contribution >= 4 is 29.2 Å². The van der Waals surface area contributed by atoms with Gasteiger partial charge in [-0.1, -0.05) is 23.4 Å². The van der Waals surface area contributed by atoms with Crippen LogP contribution in [0.2, 0.25) is 5.02 Å². The monoisotopic (exact) mass is 267 g/mol. The van der Waals surface area contributed by atoms with E-state index >= 15 is 0 Å². The predicted octanol–water partition coefficient (Wildman–Crippen LogP) is 1.53. The Balaban J connectivity index is 3.15. The van der Waals surface area contributed by atoms with Gasteiger partial charge in [0.25, 0.3) is 0 Å². The summed E-state index contributed by atoms with van der Waals surface area (Å²) in [5, 5.41) is 8.70. The van der Waals surface area contributed by atoms with Crippen LogP contribution in [-0.2, 0) is 9.53 Å². The van der Waals surface area contributed by atoms with Crippen molar-refractivity contribution in [3.05, 3.63) is 28.3 Å². The van der Waals surface area contributed by atoms with Crippen molar-refractivity contribution in [2.24, 2.45) is 0 Å². The second-order valence-electron chi connectivity index (χ2n) is 3.28. The van der Waals surface area contributed by atoms with E-state index in [0.29, 0.717) is 5.56 Å². The van der Waals surface area contributed by atoms with Gasteiger partial charge in [-0.3, -0.25) is 4.79 Å². The molecule has 1 aromatic carbocycles. The van der Waals surface area contributed by atoms with Gasteiger partial charge in [-0.25, -0.2) is 4.79 Å². The third-order valence-electron chi connectivity index (χ3n) is 2.01. The molecule has 0 aliphatic rings. The van der Waals surface area contributed by atoms with Crippen LogP contribution < -0.4 is 5.73 Å². The topological polar surface area (TPSA) is 89.6 Å². The molecule has 0 aliphatic heterocycles. The number of carbonyl (C=O) groups is 2. The SMILES string of the molecule is COC(=O)c1cc(C#CCC(=O)O)c(Cl)cc1N. The number of nitrogen functional groups attached to an aromatic ring is 1. The van der Waals surface area contributed by atoms with Crippen molar-refractivity contribution in [1.29, 1.82) is 0 Å². The second-order valence-corrected chi connectivity index (χ2v) is 3.69. The van der Waals surface area contributed by atoms with Gasteiger partial charge in [0.1, 0.15) is 6.42 Å². The second kappa shape index (κ2) is 5.94. The Kier molecular flexibility index (Phi) is 4.58. The first-order valence-electron chi connectivity index (χ1n) is 4.83. The molecular formula is C12H10ClNO4. The van der Waals surface area contributed by atoms with E-state index in [1.54, 1.807) is 0 Å². The minimum absolute atomic E-state index is 0.140. The highest BCUT2D eigenvalue weighted by atomic mass is 35.5. The number of hydrogen-bond acceptors (Lipinski definition) is 4. The lowest BCUT2D eigenvalue weighted by Gasteiger charge is -2.05. The number of anilines is 1. The zero-order valence-corrected chi connectivity index (χ0v) is 10.2. The average molecular weight is 268 g/mol. The first-order valence-corrected chi connectivity index (χ1v) is 5.21. The van der Waals surface area contributed by atoms with Gasteiger partial charge >= 0.3 is 11.9 Å². The summed E-state index contributed by atoms with van der Waals surface area (Å²) in [4.78, 5) is 21.7. The standard InChI is InChI=1S/C12H10ClNO4/c1-18-12(17)8-5-7(3-2-4-11(15)16)9(13)6-10(8)14/h5-6H,4,14H2,1H3,(H,15,16). The van der Waals surface area contributed by atoms with Crippen molar-refractivity contribution in [1.82, 2.24) is 0 Å². The van der Waals surface area contributed by atoms with Gasteiger partial charge in [-0.05, 0) is 12.1 Å². The summed E-state index contributed by atoms with van der Waals surface area (Å²) in [5.74, 6) is 3.34. The summed E-state index contributed by atoms with van der Waals surface area (Å²) in [5.41, 5.74) is 6.26. The lowest BCUT2D eigenvalue weighted by molar-refractivity contribution is -0.135. The van der Waals surface area contributed by atoms with Crippen LogP contribution >= 0.6 is 11.6 Å². The highest BCUT2D eigenvalue weighted by Gasteiger charge is 2.12. The molecule has 0 aliphatic carbocycles. The van der Waals surface area contributed by atoms with Crippen LogP contribution in [0.4, 0.5) is 5.69 Å². The molecule has 0 aromatic heterocycles. The molecule has 1 rings (SSSR count). The molecule has 0 saturated heterocycles. The Bertz CT molecular complexity index is 557. The van der Waals surface area contributed by atoms with Crippen molar-refractivity contribution in [2.45, 2.75) is 6.42 Å². The number of hydrogen-bond donors (Lipinski definition) is 2. The number of aliphatic carboxylic acids is 1. The van der Waals surface area contributed by atoms with Crippen LogP contribution in [-0.4, -0.2) is 24.2 Å². The fraction of sp³-hybridized carbons (Fsp3) is 0.167. The van der Waals surface area contributed by atoms with Crippen LogP contribution in [0, 0.1) is 11.8 Å². The summed E-state index contributed by atoms with van der Waals surface area (Å²) >= 11 is 5.88. The lowest BCUT2D eigenvalue weighted by Crippen LogP contribution is -2.06. The number of carbonyl (C=O) groups excluding carboxylic acids is 1. The zero-order chi connectivity index (χ0) is 13.7. The largest absolute Gasteiger partial charge is 0.481 e. The molecule has 0 unspecified atom stereocenters. The first-order chi connectivity index (χ1) is 8.45. The molecule has 0 radical (unpaired) electrons. The fourth-order valence-corrected chi connectivity index (χ4v) is 1.41. The summed E-state index contributed by atoms with van der Waals surface area (Å²) in [7, 11) is 1.23. The van der Waals surface area contributed by atoms with E-state index < -0.39 is 11.9 Å². The molecule has 0 bridgehead atoms. The molecule has 0 atom stereocenters. The summed E-state index contributed by atoms with van der Waals surface area (Å²) in [6, 6.07) is 2.75. The number of esters is 1. The molecule has 1 aromatic rings. The average Bonchev–Trinajstić information content (AvgIpc) is 2.30. The van der Waals surface area contributed by atoms with Crippen LogP contribution in [0.5, 0.6) is 0 Å². The number of halogens is 1. The Hall–Kier alpha value is -2.19. The van der Waals surface area contributed by atoms with Crippen LogP contribution in [0.1, 0.15) is 22.3 Å². The van der Waals surface area contributed by atoms with E-state index in [9.17, 15) is 9.59 Å². The Morgan fingerprint density at radius 3 is 2.72 bits per heavy atom. The molecule has 0 heterocycles. The predicted molar refractivity (Wildman–Crippen MR) is 66.3 cm³/mol. The van der Waals surface area contributed by atoms with E-state index in [1.165, 1.54) is 19.2 Å². The van der Waals surface area contributed by atoms with Gasteiger partial charge in [0.05, 0.1) is 17.7 Å².